The highest BCUT2D eigenvalue weighted by Crippen LogP contribution is 2.47. The van der Waals surface area contributed by atoms with Gasteiger partial charge in [0.05, 0.1) is 34.0 Å². The van der Waals surface area contributed by atoms with Gasteiger partial charge in [-0.15, -0.1) is 0 Å². The number of carbonyl (C=O) groups excluding carboxylic acids is 2. The Morgan fingerprint density at radius 2 is 1.88 bits per heavy atom. The van der Waals surface area contributed by atoms with Gasteiger partial charge in [0.1, 0.15) is 5.69 Å². The number of imidazole rings is 1. The zero-order valence-electron chi connectivity index (χ0n) is 19.4. The normalized spacial score (nSPS) is 14.8. The van der Waals surface area contributed by atoms with Crippen molar-refractivity contribution in [3.05, 3.63) is 23.9 Å². The van der Waals surface area contributed by atoms with Crippen LogP contribution in [-0.2, 0) is 10.2 Å². The van der Waals surface area contributed by atoms with Crippen LogP contribution in [0.15, 0.2) is 18.3 Å². The topological polar surface area (TPSA) is 110 Å². The van der Waals surface area contributed by atoms with Crippen LogP contribution in [0, 0.1) is 0 Å². The van der Waals surface area contributed by atoms with Gasteiger partial charge in [0.15, 0.2) is 5.82 Å². The van der Waals surface area contributed by atoms with Gasteiger partial charge in [-0.3, -0.25) is 9.89 Å². The summed E-state index contributed by atoms with van der Waals surface area (Å²) in [5.74, 6) is 0.756. The molecule has 0 saturated heterocycles. The molecular formula is C23H31N7O2. The lowest BCUT2D eigenvalue weighted by Gasteiger charge is -2.25. The fourth-order valence-corrected chi connectivity index (χ4v) is 4.77. The van der Waals surface area contributed by atoms with Crippen molar-refractivity contribution in [2.45, 2.75) is 52.9 Å². The van der Waals surface area contributed by atoms with Gasteiger partial charge in [0.2, 0.25) is 5.91 Å². The van der Waals surface area contributed by atoms with Crippen LogP contribution in [-0.4, -0.2) is 56.6 Å². The molecule has 3 amide bonds. The smallest absolute Gasteiger partial charge is 0.321 e. The quantitative estimate of drug-likeness (QED) is 0.513. The summed E-state index contributed by atoms with van der Waals surface area (Å²) in [6.07, 6.45) is 3.08. The molecule has 170 valence electrons. The molecule has 0 aliphatic carbocycles. The van der Waals surface area contributed by atoms with Crippen molar-refractivity contribution < 1.29 is 9.59 Å². The molecule has 4 rings (SSSR count). The maximum atomic E-state index is 13.2. The number of nitrogens with one attached hydrogen (secondary N) is 3. The van der Waals surface area contributed by atoms with Gasteiger partial charge in [-0.2, -0.15) is 5.10 Å². The third-order valence-corrected chi connectivity index (χ3v) is 6.75. The first-order chi connectivity index (χ1) is 15.4. The Balaban J connectivity index is 1.76. The first-order valence-electron chi connectivity index (χ1n) is 11.4. The number of urea groups is 1. The van der Waals surface area contributed by atoms with Gasteiger partial charge in [-0.25, -0.2) is 9.78 Å². The van der Waals surface area contributed by atoms with Crippen LogP contribution < -0.4 is 10.2 Å². The number of amides is 3. The van der Waals surface area contributed by atoms with E-state index in [1.54, 1.807) is 11.1 Å². The minimum atomic E-state index is -0.498. The van der Waals surface area contributed by atoms with Crippen LogP contribution in [0.5, 0.6) is 0 Å². The van der Waals surface area contributed by atoms with E-state index in [1.807, 2.05) is 31.7 Å². The standard InChI is InChI=1S/C23H31N7O2/c1-6-23(7-2)14-11-15-16(12-18(14)30(10-5)21(23)31)26-20(25-15)19-17(13-24-28-19)27-22(32)29(8-3)9-4/h11-13H,6-10H2,1-5H3,(H,24,28)(H,25,26)(H,27,32). The average molecular weight is 438 g/mol. The zero-order valence-corrected chi connectivity index (χ0v) is 19.4. The Bertz CT molecular complexity index is 1150. The number of carbonyl (C=O) groups is 2. The summed E-state index contributed by atoms with van der Waals surface area (Å²) in [5.41, 5.74) is 4.29. The molecule has 9 nitrogen and oxygen atoms in total. The lowest BCUT2D eigenvalue weighted by atomic mass is 9.77. The van der Waals surface area contributed by atoms with E-state index in [9.17, 15) is 9.59 Å². The minimum absolute atomic E-state index is 0.169. The molecule has 0 radical (unpaired) electrons. The molecule has 32 heavy (non-hydrogen) atoms. The molecule has 0 bridgehead atoms. The third-order valence-electron chi connectivity index (χ3n) is 6.75. The zero-order chi connectivity index (χ0) is 23.0. The van der Waals surface area contributed by atoms with Crippen molar-refractivity contribution in [1.82, 2.24) is 25.1 Å². The number of nitrogens with zero attached hydrogens (tertiary/aromatic N) is 4. The molecule has 1 aliphatic heterocycles. The summed E-state index contributed by atoms with van der Waals surface area (Å²) in [6.45, 7) is 11.9. The Hall–Kier alpha value is -3.36. The van der Waals surface area contributed by atoms with Gasteiger partial charge in [-0.1, -0.05) is 13.8 Å². The van der Waals surface area contributed by atoms with Crippen molar-refractivity contribution in [1.29, 1.82) is 0 Å². The Labute approximate surface area is 187 Å². The molecular weight excluding hydrogens is 406 g/mol. The van der Waals surface area contributed by atoms with E-state index in [0.29, 0.717) is 36.8 Å². The highest BCUT2D eigenvalue weighted by atomic mass is 16.2. The molecule has 1 aromatic carbocycles. The molecule has 9 heteroatoms. The Morgan fingerprint density at radius 3 is 2.50 bits per heavy atom. The average Bonchev–Trinajstić information content (AvgIpc) is 3.47. The monoisotopic (exact) mass is 437 g/mol. The van der Waals surface area contributed by atoms with Gasteiger partial charge in [-0.05, 0) is 51.3 Å². The van der Waals surface area contributed by atoms with Crippen molar-refractivity contribution in [3.63, 3.8) is 0 Å². The minimum Gasteiger partial charge on any atom is -0.337 e. The summed E-state index contributed by atoms with van der Waals surface area (Å²) in [5, 5.41) is 9.97. The van der Waals surface area contributed by atoms with E-state index in [-0.39, 0.29) is 11.9 Å². The van der Waals surface area contributed by atoms with E-state index < -0.39 is 5.41 Å². The van der Waals surface area contributed by atoms with Crippen LogP contribution in [0.2, 0.25) is 0 Å². The first kappa shape index (κ1) is 21.9. The van der Waals surface area contributed by atoms with E-state index in [1.165, 1.54) is 0 Å². The van der Waals surface area contributed by atoms with Crippen LogP contribution in [0.1, 0.15) is 53.0 Å². The van der Waals surface area contributed by atoms with E-state index in [0.717, 1.165) is 35.1 Å². The van der Waals surface area contributed by atoms with Gasteiger partial charge in [0, 0.05) is 19.6 Å². The predicted molar refractivity (Wildman–Crippen MR) is 126 cm³/mol. The molecule has 3 aromatic rings. The number of hydrogen-bond donors (Lipinski definition) is 3. The van der Waals surface area contributed by atoms with Gasteiger partial charge >= 0.3 is 6.03 Å². The number of hydrogen-bond acceptors (Lipinski definition) is 4. The summed E-state index contributed by atoms with van der Waals surface area (Å²) in [6, 6.07) is 3.87. The third kappa shape index (κ3) is 3.14. The summed E-state index contributed by atoms with van der Waals surface area (Å²) in [7, 11) is 0. The van der Waals surface area contributed by atoms with Gasteiger partial charge in [0.25, 0.3) is 0 Å². The lowest BCUT2D eigenvalue weighted by Crippen LogP contribution is -2.39. The molecule has 0 fully saturated rings. The van der Waals surface area contributed by atoms with Crippen LogP contribution in [0.3, 0.4) is 0 Å². The lowest BCUT2D eigenvalue weighted by molar-refractivity contribution is -0.123. The van der Waals surface area contributed by atoms with Crippen molar-refractivity contribution in [2.24, 2.45) is 0 Å². The van der Waals surface area contributed by atoms with E-state index >= 15 is 0 Å². The number of likely N-dealkylation sites (N-methyl/N-ethyl adjacent to an activating group) is 1. The molecule has 0 unspecified atom stereocenters. The summed E-state index contributed by atoms with van der Waals surface area (Å²) >= 11 is 0. The molecule has 0 spiro atoms. The van der Waals surface area contributed by atoms with Crippen molar-refractivity contribution >= 4 is 34.3 Å². The maximum absolute atomic E-state index is 13.2. The number of benzene rings is 1. The maximum Gasteiger partial charge on any atom is 0.321 e. The van der Waals surface area contributed by atoms with Crippen LogP contribution >= 0.6 is 0 Å². The molecule has 1 aliphatic rings. The molecule has 0 atom stereocenters. The SMILES string of the molecule is CCN(CC)C(=O)Nc1cn[nH]c1-c1nc2cc3c(cc2[nH]1)C(CC)(CC)C(=O)N3CC. The second-order valence-electron chi connectivity index (χ2n) is 8.07. The Kier molecular flexibility index (Phi) is 5.66. The van der Waals surface area contributed by atoms with Crippen molar-refractivity contribution in [2.75, 3.05) is 29.9 Å². The van der Waals surface area contributed by atoms with Crippen LogP contribution in [0.25, 0.3) is 22.6 Å². The number of aromatic nitrogens is 4. The summed E-state index contributed by atoms with van der Waals surface area (Å²) in [4.78, 5) is 37.4. The number of fused-ring (bicyclic) bond motifs is 2. The molecule has 0 saturated carbocycles. The number of anilines is 2. The first-order valence-corrected chi connectivity index (χ1v) is 11.4. The van der Waals surface area contributed by atoms with Gasteiger partial charge < -0.3 is 20.1 Å². The van der Waals surface area contributed by atoms with Crippen LogP contribution in [0.4, 0.5) is 16.2 Å². The fourth-order valence-electron chi connectivity index (χ4n) is 4.77. The Morgan fingerprint density at radius 1 is 1.16 bits per heavy atom. The van der Waals surface area contributed by atoms with Crippen molar-refractivity contribution in [3.8, 4) is 11.5 Å². The number of rotatable bonds is 7. The fraction of sp³-hybridized carbons (Fsp3) is 0.478. The number of aromatic amines is 2. The highest BCUT2D eigenvalue weighted by Gasteiger charge is 2.48. The largest absolute Gasteiger partial charge is 0.337 e. The second-order valence-corrected chi connectivity index (χ2v) is 8.07. The molecule has 2 aromatic heterocycles. The summed E-state index contributed by atoms with van der Waals surface area (Å²) < 4.78 is 0. The van der Waals surface area contributed by atoms with E-state index in [2.05, 4.69) is 40.4 Å². The highest BCUT2D eigenvalue weighted by molar-refractivity contribution is 6.10. The molecule has 3 N–H and O–H groups in total. The number of H-pyrrole nitrogens is 2. The second kappa shape index (κ2) is 8.29. The predicted octanol–water partition coefficient (Wildman–Crippen LogP) is 4.25. The van der Waals surface area contributed by atoms with E-state index in [4.69, 9.17) is 4.98 Å². The molecule has 3 heterocycles.